The lowest BCUT2D eigenvalue weighted by atomic mass is 10.1. The number of phenols is 2. The minimum Gasteiger partial charge on any atom is -1.00 e. The van der Waals surface area contributed by atoms with Gasteiger partial charge in [0.2, 0.25) is 0 Å². The van der Waals surface area contributed by atoms with Crippen LogP contribution in [0.5, 0.6) is 11.5 Å². The average molecular weight is 313 g/mol. The van der Waals surface area contributed by atoms with Crippen LogP contribution in [0.3, 0.4) is 0 Å². The van der Waals surface area contributed by atoms with Gasteiger partial charge in [-0.05, 0) is 23.8 Å². The number of halogens is 1. The summed E-state index contributed by atoms with van der Waals surface area (Å²) in [4.78, 5) is 11.1. The Morgan fingerprint density at radius 2 is 1.90 bits per heavy atom. The molecule has 0 aliphatic rings. The van der Waals surface area contributed by atoms with E-state index in [1.165, 1.54) is 12.1 Å². The van der Waals surface area contributed by atoms with Crippen molar-refractivity contribution in [2.24, 2.45) is 5.73 Å². The number of rotatable bonds is 4. The molecule has 1 amide bonds. The van der Waals surface area contributed by atoms with Gasteiger partial charge in [0.1, 0.15) is 5.56 Å². The molecule has 0 radical (unpaired) electrons. The van der Waals surface area contributed by atoms with E-state index >= 15 is 0 Å². The summed E-state index contributed by atoms with van der Waals surface area (Å²) < 4.78 is 1.85. The zero-order valence-corrected chi connectivity index (χ0v) is 11.9. The maximum absolute atomic E-state index is 11.1. The molecule has 0 unspecified atom stereocenters. The number of phenolic OH excluding ortho intramolecular Hbond substituents is 2. The van der Waals surface area contributed by atoms with Gasteiger partial charge in [-0.3, -0.25) is 4.79 Å². The number of aryl methyl sites for hydroxylation is 2. The normalized spacial score (nSPS) is 9.33. The van der Waals surface area contributed by atoms with Crippen molar-refractivity contribution in [2.45, 2.75) is 13.0 Å². The predicted octanol–water partition coefficient (Wildman–Crippen LogP) is -3.09. The van der Waals surface area contributed by atoms with Crippen molar-refractivity contribution >= 4 is 5.91 Å². The van der Waals surface area contributed by atoms with Crippen LogP contribution >= 0.6 is 0 Å². The van der Waals surface area contributed by atoms with Crippen molar-refractivity contribution in [1.29, 1.82) is 0 Å². The van der Waals surface area contributed by atoms with E-state index in [1.54, 1.807) is 24.4 Å². The average Bonchev–Trinajstić information content (AvgIpc) is 2.40. The van der Waals surface area contributed by atoms with E-state index < -0.39 is 5.91 Å². The Balaban J connectivity index is 0.00000200. The highest BCUT2D eigenvalue weighted by Gasteiger charge is 2.08. The van der Waals surface area contributed by atoms with Crippen LogP contribution < -0.4 is 22.7 Å². The van der Waals surface area contributed by atoms with E-state index in [0.29, 0.717) is 18.5 Å². The molecule has 0 saturated heterocycles. The lowest BCUT2D eigenvalue weighted by Crippen LogP contribution is -3.00. The molecule has 6 nitrogen and oxygen atoms in total. The number of aromatic hydroxyl groups is 2. The smallest absolute Gasteiger partial charge is 0.254 e. The summed E-state index contributed by atoms with van der Waals surface area (Å²) in [6.07, 6.45) is 4.19. The van der Waals surface area contributed by atoms with E-state index in [-0.39, 0.29) is 29.4 Å². The molecular weight excluding hydrogens is 296 g/mol. The zero-order valence-electron chi connectivity index (χ0n) is 11.2. The minimum absolute atomic E-state index is 0. The quantitative estimate of drug-likeness (QED) is 0.410. The fraction of sp³-hybridized carbons (Fsp3) is 0.143. The molecule has 7 heteroatoms. The summed E-state index contributed by atoms with van der Waals surface area (Å²) in [5.74, 6) is -0.725. The Bertz CT molecular complexity index is 620. The zero-order chi connectivity index (χ0) is 13.8. The van der Waals surface area contributed by atoms with Crippen molar-refractivity contribution in [2.75, 3.05) is 0 Å². The third-order valence-electron chi connectivity index (χ3n) is 2.84. The van der Waals surface area contributed by atoms with Gasteiger partial charge >= 0.3 is 0 Å². The van der Waals surface area contributed by atoms with Gasteiger partial charge in [0, 0.05) is 12.5 Å². The fourth-order valence-electron chi connectivity index (χ4n) is 1.79. The monoisotopic (exact) mass is 312 g/mol. The number of hydrogen-bond acceptors (Lipinski definition) is 3. The van der Waals surface area contributed by atoms with E-state index in [2.05, 4.69) is 0 Å². The molecule has 21 heavy (non-hydrogen) atoms. The van der Waals surface area contributed by atoms with Gasteiger partial charge in [-0.15, -0.1) is 0 Å². The second-order valence-electron chi connectivity index (χ2n) is 4.27. The molecule has 0 aliphatic heterocycles. The molecule has 0 spiro atoms. The Labute approximate surface area is 128 Å². The van der Waals surface area contributed by atoms with Gasteiger partial charge in [-0.2, -0.15) is 0 Å². The second kappa shape index (κ2) is 8.08. The first-order valence-electron chi connectivity index (χ1n) is 5.86. The Hall–Kier alpha value is -2.31. The van der Waals surface area contributed by atoms with Crippen LogP contribution in [-0.4, -0.2) is 21.6 Å². The number of aromatic nitrogens is 1. The van der Waals surface area contributed by atoms with Crippen LogP contribution in [-0.2, 0) is 13.0 Å². The van der Waals surface area contributed by atoms with Gasteiger partial charge in [0.15, 0.2) is 30.4 Å². The highest BCUT2D eigenvalue weighted by molar-refractivity contribution is 5.92. The highest BCUT2D eigenvalue weighted by Crippen LogP contribution is 2.24. The molecule has 0 bridgehead atoms. The summed E-state index contributed by atoms with van der Waals surface area (Å²) in [6, 6.07) is 8.14. The number of hydrogen-bond donors (Lipinski definition) is 3. The number of carbonyl (C=O) groups excluding carboxylic acids is 1. The fourth-order valence-corrected chi connectivity index (χ4v) is 1.79. The molecule has 1 aromatic carbocycles. The third kappa shape index (κ3) is 4.94. The summed E-state index contributed by atoms with van der Waals surface area (Å²) in [5, 5.41) is 18.6. The largest absolute Gasteiger partial charge is 1.00 e. The van der Waals surface area contributed by atoms with Crippen LogP contribution in [0.1, 0.15) is 15.9 Å². The third-order valence-corrected chi connectivity index (χ3v) is 2.84. The predicted molar refractivity (Wildman–Crippen MR) is 72.2 cm³/mol. The van der Waals surface area contributed by atoms with Crippen molar-refractivity contribution in [1.82, 2.24) is 0 Å². The second-order valence-corrected chi connectivity index (χ2v) is 4.27. The van der Waals surface area contributed by atoms with Crippen LogP contribution in [0.25, 0.3) is 0 Å². The van der Waals surface area contributed by atoms with Gasteiger partial charge in [0.25, 0.3) is 5.91 Å². The molecule has 0 aliphatic carbocycles. The van der Waals surface area contributed by atoms with Crippen LogP contribution in [0.15, 0.2) is 42.7 Å². The first kappa shape index (κ1) is 18.7. The molecule has 0 fully saturated rings. The van der Waals surface area contributed by atoms with Crippen molar-refractivity contribution in [3.63, 3.8) is 0 Å². The first-order chi connectivity index (χ1) is 9.06. The summed E-state index contributed by atoms with van der Waals surface area (Å²) in [5.41, 5.74) is 6.56. The summed E-state index contributed by atoms with van der Waals surface area (Å²) >= 11 is 0. The molecule has 0 saturated carbocycles. The standard InChI is InChI=1S/C14H14N2O3.ClH.H2O/c15-14(19)11-2-1-6-16(9-11)7-5-10-3-4-12(17)13(18)8-10;;/h1-4,6,8-9H,5,7H2,(H3-,15,17,18,19);1H;1H2. The highest BCUT2D eigenvalue weighted by atomic mass is 35.5. The molecule has 114 valence electrons. The van der Waals surface area contributed by atoms with Crippen LogP contribution in [0.2, 0.25) is 0 Å². The summed E-state index contributed by atoms with van der Waals surface area (Å²) in [7, 11) is 0. The molecule has 1 heterocycles. The lowest BCUT2D eigenvalue weighted by Gasteiger charge is -2.02. The summed E-state index contributed by atoms with van der Waals surface area (Å²) in [6.45, 7) is 0.644. The number of nitrogens with two attached hydrogens (primary N) is 1. The van der Waals surface area contributed by atoms with E-state index in [0.717, 1.165) is 5.56 Å². The molecular formula is C14H17ClN2O4. The van der Waals surface area contributed by atoms with Crippen molar-refractivity contribution in [3.05, 3.63) is 53.9 Å². The number of carbonyl (C=O) groups is 1. The molecule has 6 N–H and O–H groups in total. The SMILES string of the molecule is NC(=O)c1ccc[n+](CCc2ccc(O)c(O)c2)c1.O.[Cl-]. The number of primary amides is 1. The minimum atomic E-state index is -0.461. The maximum atomic E-state index is 11.1. The number of nitrogens with zero attached hydrogens (tertiary/aromatic N) is 1. The first-order valence-corrected chi connectivity index (χ1v) is 5.86. The number of benzene rings is 1. The Morgan fingerprint density at radius 1 is 1.19 bits per heavy atom. The van der Waals surface area contributed by atoms with Gasteiger partial charge in [-0.1, -0.05) is 6.07 Å². The van der Waals surface area contributed by atoms with Gasteiger partial charge in [-0.25, -0.2) is 4.57 Å². The molecule has 2 rings (SSSR count). The van der Waals surface area contributed by atoms with Gasteiger partial charge in [0.05, 0.1) is 0 Å². The lowest BCUT2D eigenvalue weighted by molar-refractivity contribution is -0.696. The van der Waals surface area contributed by atoms with Crippen molar-refractivity contribution < 1.29 is 37.5 Å². The van der Waals surface area contributed by atoms with Crippen LogP contribution in [0, 0.1) is 0 Å². The van der Waals surface area contributed by atoms with Crippen molar-refractivity contribution in [3.8, 4) is 11.5 Å². The Morgan fingerprint density at radius 3 is 2.52 bits per heavy atom. The molecule has 0 atom stereocenters. The maximum Gasteiger partial charge on any atom is 0.254 e. The number of amides is 1. The van der Waals surface area contributed by atoms with E-state index in [1.807, 2.05) is 10.8 Å². The molecule has 1 aromatic heterocycles. The van der Waals surface area contributed by atoms with E-state index in [4.69, 9.17) is 5.73 Å². The van der Waals surface area contributed by atoms with E-state index in [9.17, 15) is 15.0 Å². The van der Waals surface area contributed by atoms with Crippen LogP contribution in [0.4, 0.5) is 0 Å². The molecule has 2 aromatic rings. The topological polar surface area (TPSA) is 119 Å². The van der Waals surface area contributed by atoms with Gasteiger partial charge < -0.3 is 33.8 Å². The Kier molecular flexibility index (Phi) is 7.19. The number of pyridine rings is 1.